The zero-order valence-electron chi connectivity index (χ0n) is 16.1. The van der Waals surface area contributed by atoms with E-state index in [2.05, 4.69) is 0 Å². The normalized spacial score (nSPS) is 17.1. The first-order chi connectivity index (χ1) is 12.1. The number of hydrogen-bond donors (Lipinski definition) is 1. The van der Waals surface area contributed by atoms with E-state index in [4.69, 9.17) is 9.47 Å². The Morgan fingerprint density at radius 1 is 1.35 bits per heavy atom. The molecule has 1 aliphatic heterocycles. The van der Waals surface area contributed by atoms with Crippen LogP contribution in [0.2, 0.25) is 0 Å². The largest absolute Gasteiger partial charge is 0.508 e. The molecule has 0 unspecified atom stereocenters. The SMILES string of the molecule is COc1ccc(O)cc1CC(=O)N1CC[C@@H](N(C)C(=O)OC(C)(C)C)C1. The van der Waals surface area contributed by atoms with Crippen molar-refractivity contribution in [2.75, 3.05) is 27.2 Å². The van der Waals surface area contributed by atoms with Crippen LogP contribution in [0.5, 0.6) is 11.5 Å². The molecule has 0 spiro atoms. The Hall–Kier alpha value is -2.44. The first-order valence-electron chi connectivity index (χ1n) is 8.70. The van der Waals surface area contributed by atoms with E-state index in [9.17, 15) is 14.7 Å². The lowest BCUT2D eigenvalue weighted by atomic mass is 10.1. The van der Waals surface area contributed by atoms with Gasteiger partial charge in [-0.25, -0.2) is 4.79 Å². The van der Waals surface area contributed by atoms with Crippen LogP contribution in [0, 0.1) is 0 Å². The molecule has 7 heteroatoms. The number of carbonyl (C=O) groups is 2. The van der Waals surface area contributed by atoms with Crippen LogP contribution in [0.1, 0.15) is 32.8 Å². The Balaban J connectivity index is 1.97. The van der Waals surface area contributed by atoms with Crippen LogP contribution in [0.3, 0.4) is 0 Å². The molecule has 1 saturated heterocycles. The molecule has 1 aromatic carbocycles. The van der Waals surface area contributed by atoms with Gasteiger partial charge in [-0.05, 0) is 45.4 Å². The Bertz CT molecular complexity index is 668. The van der Waals surface area contributed by atoms with Gasteiger partial charge in [-0.1, -0.05) is 0 Å². The van der Waals surface area contributed by atoms with Gasteiger partial charge < -0.3 is 24.4 Å². The summed E-state index contributed by atoms with van der Waals surface area (Å²) < 4.78 is 10.6. The molecule has 1 aromatic rings. The molecule has 2 amide bonds. The lowest BCUT2D eigenvalue weighted by Crippen LogP contribution is -2.42. The van der Waals surface area contributed by atoms with Gasteiger partial charge in [0.2, 0.25) is 5.91 Å². The van der Waals surface area contributed by atoms with Crippen LogP contribution in [-0.4, -0.2) is 65.8 Å². The fraction of sp³-hybridized carbons (Fsp3) is 0.579. The van der Waals surface area contributed by atoms with Gasteiger partial charge in [0.15, 0.2) is 0 Å². The lowest BCUT2D eigenvalue weighted by molar-refractivity contribution is -0.129. The number of phenolic OH excluding ortho intramolecular Hbond substituents is 1. The van der Waals surface area contributed by atoms with Gasteiger partial charge in [0, 0.05) is 25.7 Å². The number of likely N-dealkylation sites (N-methyl/N-ethyl adjacent to an activating group) is 1. The Morgan fingerprint density at radius 3 is 2.65 bits per heavy atom. The summed E-state index contributed by atoms with van der Waals surface area (Å²) in [4.78, 5) is 28.1. The van der Waals surface area contributed by atoms with Gasteiger partial charge in [-0.2, -0.15) is 0 Å². The molecule has 1 atom stereocenters. The van der Waals surface area contributed by atoms with Crippen LogP contribution in [-0.2, 0) is 16.0 Å². The van der Waals surface area contributed by atoms with Crippen molar-refractivity contribution in [2.45, 2.75) is 45.3 Å². The number of amides is 2. The van der Waals surface area contributed by atoms with Crippen molar-refractivity contribution in [3.05, 3.63) is 23.8 Å². The van der Waals surface area contributed by atoms with Crippen LogP contribution >= 0.6 is 0 Å². The Morgan fingerprint density at radius 2 is 2.04 bits per heavy atom. The number of likely N-dealkylation sites (tertiary alicyclic amines) is 1. The molecular formula is C19H28N2O5. The molecule has 26 heavy (non-hydrogen) atoms. The first-order valence-corrected chi connectivity index (χ1v) is 8.70. The van der Waals surface area contributed by atoms with Crippen molar-refractivity contribution in [2.24, 2.45) is 0 Å². The average molecular weight is 364 g/mol. The second-order valence-electron chi connectivity index (χ2n) is 7.55. The highest BCUT2D eigenvalue weighted by atomic mass is 16.6. The summed E-state index contributed by atoms with van der Waals surface area (Å²) in [5, 5.41) is 9.64. The molecule has 0 radical (unpaired) electrons. The lowest BCUT2D eigenvalue weighted by Gasteiger charge is -2.28. The molecule has 1 N–H and O–H groups in total. The monoisotopic (exact) mass is 364 g/mol. The van der Waals surface area contributed by atoms with Crippen molar-refractivity contribution >= 4 is 12.0 Å². The zero-order chi connectivity index (χ0) is 19.5. The molecule has 0 bridgehead atoms. The van der Waals surface area contributed by atoms with E-state index in [-0.39, 0.29) is 30.2 Å². The van der Waals surface area contributed by atoms with Gasteiger partial charge >= 0.3 is 6.09 Å². The standard InChI is InChI=1S/C19H28N2O5/c1-19(2,3)26-18(24)20(4)14-8-9-21(12-14)17(23)11-13-10-15(22)6-7-16(13)25-5/h6-7,10,14,22H,8-9,11-12H2,1-5H3/t14-/m1/s1. The van der Waals surface area contributed by atoms with Crippen molar-refractivity contribution in [1.29, 1.82) is 0 Å². The number of phenols is 1. The fourth-order valence-corrected chi connectivity index (χ4v) is 2.95. The second-order valence-corrected chi connectivity index (χ2v) is 7.55. The number of methoxy groups -OCH3 is 1. The molecule has 7 nitrogen and oxygen atoms in total. The summed E-state index contributed by atoms with van der Waals surface area (Å²) in [5.41, 5.74) is 0.0899. The number of nitrogens with zero attached hydrogens (tertiary/aromatic N) is 2. The summed E-state index contributed by atoms with van der Waals surface area (Å²) in [6, 6.07) is 4.63. The third kappa shape index (κ3) is 5.03. The van der Waals surface area contributed by atoms with Gasteiger partial charge in [-0.3, -0.25) is 4.79 Å². The first kappa shape index (κ1) is 19.9. The third-order valence-electron chi connectivity index (χ3n) is 4.35. The van der Waals surface area contributed by atoms with E-state index in [1.54, 1.807) is 22.9 Å². The number of carbonyl (C=O) groups excluding carboxylic acids is 2. The van der Waals surface area contributed by atoms with E-state index < -0.39 is 5.60 Å². The van der Waals surface area contributed by atoms with Gasteiger partial charge in [0.25, 0.3) is 0 Å². The maximum absolute atomic E-state index is 12.6. The van der Waals surface area contributed by atoms with E-state index in [0.29, 0.717) is 30.8 Å². The van der Waals surface area contributed by atoms with E-state index in [1.165, 1.54) is 19.2 Å². The smallest absolute Gasteiger partial charge is 0.410 e. The summed E-state index contributed by atoms with van der Waals surface area (Å²) in [7, 11) is 3.23. The van der Waals surface area contributed by atoms with E-state index in [1.807, 2.05) is 20.8 Å². The minimum Gasteiger partial charge on any atom is -0.508 e. The maximum atomic E-state index is 12.6. The molecule has 1 fully saturated rings. The molecule has 0 aliphatic carbocycles. The minimum atomic E-state index is -0.550. The van der Waals surface area contributed by atoms with Crippen LogP contribution < -0.4 is 4.74 Å². The van der Waals surface area contributed by atoms with Gasteiger partial charge in [0.1, 0.15) is 17.1 Å². The molecular weight excluding hydrogens is 336 g/mol. The van der Waals surface area contributed by atoms with Crippen LogP contribution in [0.15, 0.2) is 18.2 Å². The van der Waals surface area contributed by atoms with Crippen molar-refractivity contribution in [3.63, 3.8) is 0 Å². The highest BCUT2D eigenvalue weighted by molar-refractivity contribution is 5.80. The average Bonchev–Trinajstić information content (AvgIpc) is 3.02. The molecule has 0 saturated carbocycles. The predicted octanol–water partition coefficient (Wildman–Crippen LogP) is 2.41. The second kappa shape index (κ2) is 7.85. The molecule has 0 aromatic heterocycles. The van der Waals surface area contributed by atoms with Crippen LogP contribution in [0.25, 0.3) is 0 Å². The Labute approximate surface area is 154 Å². The number of rotatable bonds is 4. The number of aromatic hydroxyl groups is 1. The number of benzene rings is 1. The highest BCUT2D eigenvalue weighted by Gasteiger charge is 2.33. The van der Waals surface area contributed by atoms with Crippen LogP contribution in [0.4, 0.5) is 4.79 Å². The van der Waals surface area contributed by atoms with Gasteiger partial charge in [0.05, 0.1) is 19.6 Å². The molecule has 2 rings (SSSR count). The number of ether oxygens (including phenoxy) is 2. The zero-order valence-corrected chi connectivity index (χ0v) is 16.1. The summed E-state index contributed by atoms with van der Waals surface area (Å²) in [6.45, 7) is 6.52. The van der Waals surface area contributed by atoms with Crippen molar-refractivity contribution < 1.29 is 24.2 Å². The molecule has 144 valence electrons. The quantitative estimate of drug-likeness (QED) is 0.888. The topological polar surface area (TPSA) is 79.3 Å². The summed E-state index contributed by atoms with van der Waals surface area (Å²) >= 11 is 0. The summed E-state index contributed by atoms with van der Waals surface area (Å²) in [6.07, 6.45) is 0.463. The predicted molar refractivity (Wildman–Crippen MR) is 97.3 cm³/mol. The third-order valence-corrected chi connectivity index (χ3v) is 4.35. The molecule has 1 aliphatic rings. The maximum Gasteiger partial charge on any atom is 0.410 e. The fourth-order valence-electron chi connectivity index (χ4n) is 2.95. The highest BCUT2D eigenvalue weighted by Crippen LogP contribution is 2.25. The van der Waals surface area contributed by atoms with E-state index in [0.717, 1.165) is 0 Å². The summed E-state index contributed by atoms with van der Waals surface area (Å²) in [5.74, 6) is 0.601. The minimum absolute atomic E-state index is 0.0611. The Kier molecular flexibility index (Phi) is 6.00. The van der Waals surface area contributed by atoms with Gasteiger partial charge in [-0.15, -0.1) is 0 Å². The number of hydrogen-bond acceptors (Lipinski definition) is 5. The molecule has 1 heterocycles. The van der Waals surface area contributed by atoms with E-state index >= 15 is 0 Å². The van der Waals surface area contributed by atoms with Crippen molar-refractivity contribution in [3.8, 4) is 11.5 Å². The van der Waals surface area contributed by atoms with Crippen molar-refractivity contribution in [1.82, 2.24) is 9.80 Å².